The fourth-order valence-corrected chi connectivity index (χ4v) is 3.20. The Bertz CT molecular complexity index is 861. The normalized spacial score (nSPS) is 12.2. The van der Waals surface area contributed by atoms with Gasteiger partial charge in [-0.2, -0.15) is 4.68 Å². The van der Waals surface area contributed by atoms with Crippen molar-refractivity contribution in [3.63, 3.8) is 0 Å². The van der Waals surface area contributed by atoms with Gasteiger partial charge in [0.15, 0.2) is 0 Å². The zero-order chi connectivity index (χ0) is 18.5. The minimum Gasteiger partial charge on any atom is -0.325 e. The molecule has 0 radical (unpaired) electrons. The predicted molar refractivity (Wildman–Crippen MR) is 104 cm³/mol. The lowest BCUT2D eigenvalue weighted by atomic mass is 10.0. The third-order valence-electron chi connectivity index (χ3n) is 3.94. The molecule has 1 amide bonds. The van der Waals surface area contributed by atoms with E-state index in [-0.39, 0.29) is 11.2 Å². The molecule has 0 aliphatic carbocycles. The molecular formula is C19H21N5OS. The lowest BCUT2D eigenvalue weighted by molar-refractivity contribution is -0.115. The number of aromatic nitrogens is 4. The summed E-state index contributed by atoms with van der Waals surface area (Å²) in [5.74, 6) is 0.376. The van der Waals surface area contributed by atoms with Gasteiger partial charge in [-0.3, -0.25) is 4.79 Å². The molecule has 0 aliphatic rings. The van der Waals surface area contributed by atoms with Gasteiger partial charge in [-0.15, -0.1) is 5.10 Å². The van der Waals surface area contributed by atoms with Crippen molar-refractivity contribution in [2.24, 2.45) is 0 Å². The van der Waals surface area contributed by atoms with Gasteiger partial charge in [0.2, 0.25) is 11.1 Å². The van der Waals surface area contributed by atoms with Crippen LogP contribution < -0.4 is 5.32 Å². The van der Waals surface area contributed by atoms with Gasteiger partial charge in [-0.05, 0) is 53.1 Å². The molecule has 7 heteroatoms. The maximum absolute atomic E-state index is 12.5. The van der Waals surface area contributed by atoms with Gasteiger partial charge in [0.1, 0.15) is 0 Å². The first-order valence-electron chi connectivity index (χ1n) is 8.46. The van der Waals surface area contributed by atoms with Gasteiger partial charge < -0.3 is 5.32 Å². The Morgan fingerprint density at radius 3 is 2.38 bits per heavy atom. The quantitative estimate of drug-likeness (QED) is 0.669. The smallest absolute Gasteiger partial charge is 0.237 e. The highest BCUT2D eigenvalue weighted by Crippen LogP contribution is 2.24. The van der Waals surface area contributed by atoms with Crippen LogP contribution in [-0.2, 0) is 4.79 Å². The summed E-state index contributed by atoms with van der Waals surface area (Å²) in [4.78, 5) is 12.5. The van der Waals surface area contributed by atoms with Crippen molar-refractivity contribution in [3.8, 4) is 5.69 Å². The van der Waals surface area contributed by atoms with Gasteiger partial charge in [-0.1, -0.05) is 55.9 Å². The van der Waals surface area contributed by atoms with E-state index in [0.29, 0.717) is 11.1 Å². The molecule has 1 N–H and O–H groups in total. The molecule has 3 aromatic rings. The minimum atomic E-state index is -0.340. The zero-order valence-corrected chi connectivity index (χ0v) is 15.8. The Morgan fingerprint density at radius 2 is 1.73 bits per heavy atom. The highest BCUT2D eigenvalue weighted by Gasteiger charge is 2.19. The summed E-state index contributed by atoms with van der Waals surface area (Å²) in [6, 6.07) is 17.5. The van der Waals surface area contributed by atoms with Crippen molar-refractivity contribution in [1.82, 2.24) is 20.2 Å². The lowest BCUT2D eigenvalue weighted by Gasteiger charge is -2.12. The number of nitrogens with one attached hydrogen (secondary N) is 1. The third kappa shape index (κ3) is 4.29. The summed E-state index contributed by atoms with van der Waals surface area (Å²) in [5.41, 5.74) is 2.89. The highest BCUT2D eigenvalue weighted by molar-refractivity contribution is 8.00. The minimum absolute atomic E-state index is 0.0880. The number of benzene rings is 2. The number of thioether (sulfide) groups is 1. The largest absolute Gasteiger partial charge is 0.325 e. The third-order valence-corrected chi connectivity index (χ3v) is 4.97. The first kappa shape index (κ1) is 18.1. The van der Waals surface area contributed by atoms with Crippen LogP contribution in [0.1, 0.15) is 32.3 Å². The van der Waals surface area contributed by atoms with Crippen molar-refractivity contribution < 1.29 is 4.79 Å². The summed E-state index contributed by atoms with van der Waals surface area (Å²) in [6.45, 7) is 6.12. The number of carbonyl (C=O) groups excluding carboxylic acids is 1. The van der Waals surface area contributed by atoms with E-state index < -0.39 is 0 Å². The second-order valence-electron chi connectivity index (χ2n) is 6.23. The molecule has 26 heavy (non-hydrogen) atoms. The Kier molecular flexibility index (Phi) is 5.68. The average molecular weight is 367 g/mol. The van der Waals surface area contributed by atoms with Crippen LogP contribution in [0.5, 0.6) is 0 Å². The molecule has 2 aromatic carbocycles. The van der Waals surface area contributed by atoms with E-state index in [1.54, 1.807) is 4.68 Å². The van der Waals surface area contributed by atoms with Crippen LogP contribution in [0.3, 0.4) is 0 Å². The number of carbonyl (C=O) groups is 1. The van der Waals surface area contributed by atoms with Crippen LogP contribution in [0.2, 0.25) is 0 Å². The second-order valence-corrected chi connectivity index (χ2v) is 7.54. The fourth-order valence-electron chi connectivity index (χ4n) is 2.39. The van der Waals surface area contributed by atoms with E-state index in [2.05, 4.69) is 34.7 Å². The van der Waals surface area contributed by atoms with Crippen LogP contribution >= 0.6 is 11.8 Å². The van der Waals surface area contributed by atoms with Gasteiger partial charge in [0, 0.05) is 5.69 Å². The molecule has 1 aromatic heterocycles. The number of hydrogen-bond acceptors (Lipinski definition) is 5. The molecule has 0 aliphatic heterocycles. The number of anilines is 1. The summed E-state index contributed by atoms with van der Waals surface area (Å²) < 4.78 is 1.63. The van der Waals surface area contributed by atoms with E-state index in [1.165, 1.54) is 17.3 Å². The van der Waals surface area contributed by atoms with Crippen molar-refractivity contribution in [2.75, 3.05) is 5.32 Å². The van der Waals surface area contributed by atoms with Gasteiger partial charge in [0.25, 0.3) is 0 Å². The molecule has 1 atom stereocenters. The lowest BCUT2D eigenvalue weighted by Crippen LogP contribution is -2.22. The van der Waals surface area contributed by atoms with Gasteiger partial charge >= 0.3 is 0 Å². The first-order chi connectivity index (χ1) is 12.5. The van der Waals surface area contributed by atoms with E-state index in [4.69, 9.17) is 0 Å². The molecule has 0 fully saturated rings. The Hall–Kier alpha value is -2.67. The molecule has 134 valence electrons. The standard InChI is InChI=1S/C19H21N5OS/c1-13(2)15-9-11-16(12-10-15)20-18(25)14(3)26-19-21-22-23-24(19)17-7-5-4-6-8-17/h4-14H,1-3H3,(H,20,25)/t14-/m0/s1. The maximum Gasteiger partial charge on any atom is 0.237 e. The van der Waals surface area contributed by atoms with Crippen molar-refractivity contribution in [2.45, 2.75) is 37.1 Å². The summed E-state index contributed by atoms with van der Waals surface area (Å²) in [7, 11) is 0. The molecule has 1 heterocycles. The summed E-state index contributed by atoms with van der Waals surface area (Å²) in [6.07, 6.45) is 0. The Morgan fingerprint density at radius 1 is 1.04 bits per heavy atom. The molecule has 6 nitrogen and oxygen atoms in total. The monoisotopic (exact) mass is 367 g/mol. The molecule has 0 saturated heterocycles. The van der Waals surface area contributed by atoms with Crippen LogP contribution in [0, 0.1) is 0 Å². The van der Waals surface area contributed by atoms with Crippen molar-refractivity contribution in [3.05, 3.63) is 60.2 Å². The Labute approximate surface area is 157 Å². The SMILES string of the molecule is CC(C)c1ccc(NC(=O)[C@H](C)Sc2nnnn2-c2ccccc2)cc1. The van der Waals surface area contributed by atoms with E-state index in [9.17, 15) is 4.79 Å². The van der Waals surface area contributed by atoms with E-state index >= 15 is 0 Å². The molecule has 0 spiro atoms. The topological polar surface area (TPSA) is 72.7 Å². The van der Waals surface area contributed by atoms with E-state index in [1.807, 2.05) is 61.5 Å². The number of amides is 1. The summed E-state index contributed by atoms with van der Waals surface area (Å²) in [5, 5.41) is 15.0. The summed E-state index contributed by atoms with van der Waals surface area (Å²) >= 11 is 1.32. The van der Waals surface area contributed by atoms with Crippen molar-refractivity contribution in [1.29, 1.82) is 0 Å². The van der Waals surface area contributed by atoms with Gasteiger partial charge in [-0.25, -0.2) is 0 Å². The van der Waals surface area contributed by atoms with Crippen LogP contribution in [-0.4, -0.2) is 31.4 Å². The predicted octanol–water partition coefficient (Wildman–Crippen LogP) is 3.91. The Balaban J connectivity index is 1.66. The number of rotatable bonds is 6. The second kappa shape index (κ2) is 8.14. The maximum atomic E-state index is 12.5. The number of tetrazole rings is 1. The first-order valence-corrected chi connectivity index (χ1v) is 9.34. The van der Waals surface area contributed by atoms with E-state index in [0.717, 1.165) is 11.4 Å². The number of para-hydroxylation sites is 1. The van der Waals surface area contributed by atoms with Crippen LogP contribution in [0.25, 0.3) is 5.69 Å². The molecule has 0 unspecified atom stereocenters. The zero-order valence-electron chi connectivity index (χ0n) is 15.0. The van der Waals surface area contributed by atoms with Crippen LogP contribution in [0.15, 0.2) is 59.8 Å². The van der Waals surface area contributed by atoms with Crippen LogP contribution in [0.4, 0.5) is 5.69 Å². The molecule has 0 bridgehead atoms. The van der Waals surface area contributed by atoms with Gasteiger partial charge in [0.05, 0.1) is 10.9 Å². The number of nitrogens with zero attached hydrogens (tertiary/aromatic N) is 4. The highest BCUT2D eigenvalue weighted by atomic mass is 32.2. The molecular weight excluding hydrogens is 346 g/mol. The van der Waals surface area contributed by atoms with Crippen molar-refractivity contribution >= 4 is 23.4 Å². The number of hydrogen-bond donors (Lipinski definition) is 1. The fraction of sp³-hybridized carbons (Fsp3) is 0.263. The molecule has 3 rings (SSSR count). The molecule has 0 saturated carbocycles. The average Bonchev–Trinajstić information content (AvgIpc) is 3.11.